The normalized spacial score (nSPS) is 10.8. The van der Waals surface area contributed by atoms with Gasteiger partial charge in [-0.25, -0.2) is 0 Å². The molecule has 0 amide bonds. The van der Waals surface area contributed by atoms with Crippen LogP contribution in [0.5, 0.6) is 0 Å². The van der Waals surface area contributed by atoms with Crippen molar-refractivity contribution in [2.45, 2.75) is 0 Å². The van der Waals surface area contributed by atoms with Crippen molar-refractivity contribution in [1.29, 1.82) is 0 Å². The Morgan fingerprint density at radius 2 is 2.42 bits per heavy atom. The first-order chi connectivity index (χ1) is 5.70. The molecule has 0 aliphatic carbocycles. The van der Waals surface area contributed by atoms with E-state index in [1.807, 2.05) is 5.38 Å². The molecule has 2 aromatic heterocycles. The smallest absolute Gasteiger partial charge is 0.262 e. The number of aromatic nitrogens is 2. The summed E-state index contributed by atoms with van der Waals surface area (Å²) in [7, 11) is 1.66. The number of fused-ring (bicyclic) bond motifs is 1. The van der Waals surface area contributed by atoms with Crippen LogP contribution in [0.2, 0.25) is 0 Å². The Morgan fingerprint density at radius 1 is 1.67 bits per heavy atom. The van der Waals surface area contributed by atoms with Crippen LogP contribution in [0.4, 0.5) is 0 Å². The lowest BCUT2D eigenvalue weighted by Crippen LogP contribution is -2.17. The monoisotopic (exact) mass is 198 g/mol. The van der Waals surface area contributed by atoms with Crippen LogP contribution in [-0.2, 0) is 7.05 Å². The highest BCUT2D eigenvalue weighted by molar-refractivity contribution is 7.71. The lowest BCUT2D eigenvalue weighted by atomic mass is 10.4. The summed E-state index contributed by atoms with van der Waals surface area (Å²) in [5, 5.41) is 2.58. The number of rotatable bonds is 0. The van der Waals surface area contributed by atoms with E-state index in [1.54, 1.807) is 13.1 Å². The number of hydrogen-bond acceptors (Lipinski definition) is 3. The highest BCUT2D eigenvalue weighted by Crippen LogP contribution is 2.13. The minimum atomic E-state index is -0.0324. The molecule has 0 radical (unpaired) electrons. The van der Waals surface area contributed by atoms with E-state index in [0.29, 0.717) is 10.2 Å². The van der Waals surface area contributed by atoms with Gasteiger partial charge in [-0.15, -0.1) is 11.3 Å². The van der Waals surface area contributed by atoms with Crippen LogP contribution in [0, 0.1) is 4.77 Å². The summed E-state index contributed by atoms with van der Waals surface area (Å²) in [4.78, 5) is 15.3. The molecule has 0 aliphatic rings. The molecule has 0 spiro atoms. The van der Waals surface area contributed by atoms with Crippen LogP contribution < -0.4 is 5.56 Å². The molecule has 12 heavy (non-hydrogen) atoms. The van der Waals surface area contributed by atoms with Gasteiger partial charge in [0.15, 0.2) is 4.77 Å². The third-order valence-corrected chi connectivity index (χ3v) is 2.93. The molecule has 0 unspecified atom stereocenters. The summed E-state index contributed by atoms with van der Waals surface area (Å²) in [6.45, 7) is 0. The second-order valence-electron chi connectivity index (χ2n) is 2.46. The Bertz CT molecular complexity index is 534. The molecule has 0 aromatic carbocycles. The van der Waals surface area contributed by atoms with Gasteiger partial charge in [0.05, 0.1) is 5.39 Å². The largest absolute Gasteiger partial charge is 0.323 e. The fraction of sp³-hybridized carbons (Fsp3) is 0.143. The first kappa shape index (κ1) is 7.70. The third-order valence-electron chi connectivity index (χ3n) is 1.73. The number of H-pyrrole nitrogens is 1. The Balaban J connectivity index is 3.16. The van der Waals surface area contributed by atoms with E-state index in [0.717, 1.165) is 4.83 Å². The fourth-order valence-corrected chi connectivity index (χ4v) is 2.06. The van der Waals surface area contributed by atoms with E-state index in [1.165, 1.54) is 15.9 Å². The topological polar surface area (TPSA) is 37.8 Å². The third kappa shape index (κ3) is 0.937. The molecule has 0 atom stereocenters. The maximum Gasteiger partial charge on any atom is 0.262 e. The highest BCUT2D eigenvalue weighted by atomic mass is 32.1. The molecule has 2 aromatic rings. The summed E-state index contributed by atoms with van der Waals surface area (Å²) < 4.78 is 1.90. The van der Waals surface area contributed by atoms with Gasteiger partial charge < -0.3 is 4.98 Å². The fourth-order valence-electron chi connectivity index (χ4n) is 1.03. The molecule has 3 nitrogen and oxygen atoms in total. The second-order valence-corrected chi connectivity index (χ2v) is 3.76. The maximum atomic E-state index is 11.5. The molecule has 0 aliphatic heterocycles. The van der Waals surface area contributed by atoms with Crippen molar-refractivity contribution >= 4 is 33.8 Å². The summed E-state index contributed by atoms with van der Waals surface area (Å²) in [6, 6.07) is 1.80. The van der Waals surface area contributed by atoms with Crippen LogP contribution in [0.1, 0.15) is 0 Å². The lowest BCUT2D eigenvalue weighted by Gasteiger charge is -1.96. The zero-order valence-electron chi connectivity index (χ0n) is 6.33. The minimum Gasteiger partial charge on any atom is -0.323 e. The van der Waals surface area contributed by atoms with Crippen molar-refractivity contribution < 1.29 is 0 Å². The zero-order valence-corrected chi connectivity index (χ0v) is 7.96. The molecule has 0 bridgehead atoms. The quantitative estimate of drug-likeness (QED) is 0.654. The predicted molar refractivity (Wildman–Crippen MR) is 52.3 cm³/mol. The van der Waals surface area contributed by atoms with Gasteiger partial charge in [-0.1, -0.05) is 0 Å². The van der Waals surface area contributed by atoms with Gasteiger partial charge in [-0.3, -0.25) is 9.36 Å². The van der Waals surface area contributed by atoms with Gasteiger partial charge in [-0.2, -0.15) is 0 Å². The van der Waals surface area contributed by atoms with Gasteiger partial charge in [0.25, 0.3) is 5.56 Å². The van der Waals surface area contributed by atoms with Crippen molar-refractivity contribution in [1.82, 2.24) is 9.55 Å². The minimum absolute atomic E-state index is 0.0324. The average molecular weight is 198 g/mol. The van der Waals surface area contributed by atoms with E-state index < -0.39 is 0 Å². The van der Waals surface area contributed by atoms with Crippen LogP contribution >= 0.6 is 23.6 Å². The van der Waals surface area contributed by atoms with E-state index in [-0.39, 0.29) is 5.56 Å². The van der Waals surface area contributed by atoms with E-state index >= 15 is 0 Å². The molecule has 2 heterocycles. The van der Waals surface area contributed by atoms with E-state index in [4.69, 9.17) is 12.2 Å². The summed E-state index contributed by atoms with van der Waals surface area (Å²) in [5.74, 6) is 0. The standard InChI is InChI=1S/C7H6N2OS2/c1-9-6(10)4-2-3-12-5(4)8-7(9)11/h2-3H,1H3,(H,8,11). The predicted octanol–water partition coefficient (Wildman–Crippen LogP) is 1.66. The first-order valence-corrected chi connectivity index (χ1v) is 4.65. The molecule has 2 rings (SSSR count). The Labute approximate surface area is 77.3 Å². The van der Waals surface area contributed by atoms with Crippen LogP contribution in [0.3, 0.4) is 0 Å². The van der Waals surface area contributed by atoms with Crippen LogP contribution in [0.15, 0.2) is 16.2 Å². The van der Waals surface area contributed by atoms with Crippen molar-refractivity contribution in [3.63, 3.8) is 0 Å². The molecular weight excluding hydrogens is 192 g/mol. The van der Waals surface area contributed by atoms with Crippen molar-refractivity contribution in [3.05, 3.63) is 26.6 Å². The Hall–Kier alpha value is -0.940. The lowest BCUT2D eigenvalue weighted by molar-refractivity contribution is 0.826. The van der Waals surface area contributed by atoms with Crippen LogP contribution in [0.25, 0.3) is 10.2 Å². The van der Waals surface area contributed by atoms with Crippen molar-refractivity contribution in [2.24, 2.45) is 7.05 Å². The molecule has 0 saturated carbocycles. The van der Waals surface area contributed by atoms with Crippen molar-refractivity contribution in [3.8, 4) is 0 Å². The van der Waals surface area contributed by atoms with Gasteiger partial charge in [0.1, 0.15) is 4.83 Å². The Morgan fingerprint density at radius 3 is 3.17 bits per heavy atom. The van der Waals surface area contributed by atoms with E-state index in [2.05, 4.69) is 4.98 Å². The number of hydrogen-bond donors (Lipinski definition) is 1. The second kappa shape index (κ2) is 2.53. The number of aromatic amines is 1. The summed E-state index contributed by atoms with van der Waals surface area (Å²) in [6.07, 6.45) is 0. The van der Waals surface area contributed by atoms with Crippen molar-refractivity contribution in [2.75, 3.05) is 0 Å². The number of thiophene rings is 1. The molecular formula is C7H6N2OS2. The van der Waals surface area contributed by atoms with Gasteiger partial charge in [0.2, 0.25) is 0 Å². The molecule has 1 N–H and O–H groups in total. The summed E-state index contributed by atoms with van der Waals surface area (Å²) in [5.41, 5.74) is -0.0324. The average Bonchev–Trinajstić information content (AvgIpc) is 2.48. The molecule has 0 fully saturated rings. The first-order valence-electron chi connectivity index (χ1n) is 3.36. The highest BCUT2D eigenvalue weighted by Gasteiger charge is 2.01. The molecule has 62 valence electrons. The van der Waals surface area contributed by atoms with Gasteiger partial charge in [-0.05, 0) is 23.7 Å². The van der Waals surface area contributed by atoms with Gasteiger partial charge in [0, 0.05) is 7.05 Å². The van der Waals surface area contributed by atoms with Gasteiger partial charge >= 0.3 is 0 Å². The number of nitrogens with one attached hydrogen (secondary N) is 1. The van der Waals surface area contributed by atoms with Crippen LogP contribution in [-0.4, -0.2) is 9.55 Å². The molecule has 5 heteroatoms. The maximum absolute atomic E-state index is 11.5. The van der Waals surface area contributed by atoms with E-state index in [9.17, 15) is 4.79 Å². The zero-order chi connectivity index (χ0) is 8.72. The SMILES string of the molecule is Cn1c(=S)[nH]c2sccc2c1=O. The number of nitrogens with zero attached hydrogens (tertiary/aromatic N) is 1. The molecule has 0 saturated heterocycles. The summed E-state index contributed by atoms with van der Waals surface area (Å²) >= 11 is 6.44. The Kier molecular flexibility index (Phi) is 1.62.